The van der Waals surface area contributed by atoms with E-state index in [-0.39, 0.29) is 5.91 Å². The predicted octanol–water partition coefficient (Wildman–Crippen LogP) is 2.11. The zero-order valence-corrected chi connectivity index (χ0v) is 13.5. The lowest BCUT2D eigenvalue weighted by Gasteiger charge is -2.27. The van der Waals surface area contributed by atoms with Gasteiger partial charge in [-0.05, 0) is 6.07 Å². The molecule has 24 heavy (non-hydrogen) atoms. The first-order chi connectivity index (χ1) is 11.7. The molecule has 122 valence electrons. The van der Waals surface area contributed by atoms with Gasteiger partial charge in [-0.3, -0.25) is 9.48 Å². The summed E-state index contributed by atoms with van der Waals surface area (Å²) in [6.45, 7) is 2.39. The molecule has 0 aliphatic carbocycles. The van der Waals surface area contributed by atoms with Crippen LogP contribution in [0, 0.1) is 0 Å². The van der Waals surface area contributed by atoms with Gasteiger partial charge >= 0.3 is 0 Å². The molecule has 6 heteroatoms. The Labute approximate surface area is 139 Å². The number of aromatic nitrogens is 3. The zero-order valence-electron chi connectivity index (χ0n) is 13.5. The van der Waals surface area contributed by atoms with E-state index in [9.17, 15) is 4.79 Å². The summed E-state index contributed by atoms with van der Waals surface area (Å²) >= 11 is 0. The molecular formula is C18H18N4O2. The molecule has 0 N–H and O–H groups in total. The van der Waals surface area contributed by atoms with E-state index in [4.69, 9.17) is 9.72 Å². The quantitative estimate of drug-likeness (QED) is 0.725. The van der Waals surface area contributed by atoms with E-state index in [2.05, 4.69) is 5.10 Å². The van der Waals surface area contributed by atoms with Crippen LogP contribution in [0.3, 0.4) is 0 Å². The number of amides is 1. The van der Waals surface area contributed by atoms with E-state index in [1.54, 1.807) is 10.9 Å². The van der Waals surface area contributed by atoms with Crippen molar-refractivity contribution in [2.24, 2.45) is 7.05 Å². The Morgan fingerprint density at radius 3 is 2.67 bits per heavy atom. The molecule has 0 spiro atoms. The van der Waals surface area contributed by atoms with Crippen LogP contribution >= 0.6 is 0 Å². The van der Waals surface area contributed by atoms with Crippen LogP contribution < -0.4 is 0 Å². The average Bonchev–Trinajstić information content (AvgIpc) is 3.03. The Balaban J connectivity index is 1.85. The second kappa shape index (κ2) is 6.05. The predicted molar refractivity (Wildman–Crippen MR) is 90.7 cm³/mol. The molecule has 0 bridgehead atoms. The van der Waals surface area contributed by atoms with Crippen LogP contribution in [0.15, 0.2) is 42.6 Å². The third kappa shape index (κ3) is 2.55. The standard InChI is InChI=1S/C18H18N4O2/c1-21-17-15(12-19-21)14(18(23)22-7-9-24-10-8-22)11-16(20-17)13-5-3-2-4-6-13/h2-6,11-12H,7-10H2,1H3. The molecule has 0 unspecified atom stereocenters. The van der Waals surface area contributed by atoms with E-state index in [0.717, 1.165) is 16.6 Å². The Bertz CT molecular complexity index is 883. The van der Waals surface area contributed by atoms with Crippen molar-refractivity contribution in [3.05, 3.63) is 48.2 Å². The number of aryl methyl sites for hydroxylation is 1. The Hall–Kier alpha value is -2.73. The lowest BCUT2D eigenvalue weighted by molar-refractivity contribution is 0.0304. The SMILES string of the molecule is Cn1ncc2c(C(=O)N3CCOCC3)cc(-c3ccccc3)nc21. The van der Waals surface area contributed by atoms with Crippen molar-refractivity contribution >= 4 is 16.9 Å². The van der Waals surface area contributed by atoms with Gasteiger partial charge in [0.2, 0.25) is 0 Å². The molecule has 1 aliphatic rings. The molecule has 1 aliphatic heterocycles. The largest absolute Gasteiger partial charge is 0.378 e. The number of hydrogen-bond donors (Lipinski definition) is 0. The summed E-state index contributed by atoms with van der Waals surface area (Å²) in [6.07, 6.45) is 1.71. The topological polar surface area (TPSA) is 60.2 Å². The minimum Gasteiger partial charge on any atom is -0.378 e. The smallest absolute Gasteiger partial charge is 0.254 e. The van der Waals surface area contributed by atoms with Crippen molar-refractivity contribution in [1.29, 1.82) is 0 Å². The summed E-state index contributed by atoms with van der Waals surface area (Å²) in [6, 6.07) is 11.8. The number of carbonyl (C=O) groups excluding carboxylic acids is 1. The number of pyridine rings is 1. The van der Waals surface area contributed by atoms with Gasteiger partial charge in [0.25, 0.3) is 5.91 Å². The van der Waals surface area contributed by atoms with Gasteiger partial charge in [-0.15, -0.1) is 0 Å². The Kier molecular flexibility index (Phi) is 3.74. The lowest BCUT2D eigenvalue weighted by atomic mass is 10.1. The van der Waals surface area contributed by atoms with E-state index in [1.165, 1.54) is 0 Å². The molecule has 1 saturated heterocycles. The number of benzene rings is 1. The summed E-state index contributed by atoms with van der Waals surface area (Å²) < 4.78 is 7.05. The van der Waals surface area contributed by atoms with E-state index in [1.807, 2.05) is 48.3 Å². The van der Waals surface area contributed by atoms with Gasteiger partial charge in [0.05, 0.1) is 36.1 Å². The maximum absolute atomic E-state index is 13.0. The van der Waals surface area contributed by atoms with Crippen LogP contribution in [0.2, 0.25) is 0 Å². The molecule has 1 fully saturated rings. The first-order valence-electron chi connectivity index (χ1n) is 7.99. The van der Waals surface area contributed by atoms with Gasteiger partial charge in [-0.2, -0.15) is 5.10 Å². The first kappa shape index (κ1) is 14.8. The number of fused-ring (bicyclic) bond motifs is 1. The highest BCUT2D eigenvalue weighted by Crippen LogP contribution is 2.25. The van der Waals surface area contributed by atoms with Crippen molar-refractivity contribution in [1.82, 2.24) is 19.7 Å². The number of morpholine rings is 1. The third-order valence-corrected chi connectivity index (χ3v) is 4.30. The van der Waals surface area contributed by atoms with Crippen LogP contribution in [-0.2, 0) is 11.8 Å². The van der Waals surface area contributed by atoms with E-state index >= 15 is 0 Å². The monoisotopic (exact) mass is 322 g/mol. The molecule has 3 heterocycles. The zero-order chi connectivity index (χ0) is 16.5. The minimum absolute atomic E-state index is 0.0101. The van der Waals surface area contributed by atoms with Crippen molar-refractivity contribution < 1.29 is 9.53 Å². The fourth-order valence-electron chi connectivity index (χ4n) is 2.99. The number of hydrogen-bond acceptors (Lipinski definition) is 4. The van der Waals surface area contributed by atoms with Crippen LogP contribution in [0.1, 0.15) is 10.4 Å². The number of nitrogens with zero attached hydrogens (tertiary/aromatic N) is 4. The molecular weight excluding hydrogens is 304 g/mol. The molecule has 0 saturated carbocycles. The van der Waals surface area contributed by atoms with Gasteiger partial charge in [0, 0.05) is 25.7 Å². The van der Waals surface area contributed by atoms with E-state index in [0.29, 0.717) is 37.5 Å². The highest BCUT2D eigenvalue weighted by molar-refractivity contribution is 6.06. The fourth-order valence-corrected chi connectivity index (χ4v) is 2.99. The molecule has 3 aromatic rings. The minimum atomic E-state index is 0.0101. The third-order valence-electron chi connectivity index (χ3n) is 4.30. The maximum atomic E-state index is 13.0. The number of ether oxygens (including phenoxy) is 1. The van der Waals surface area contributed by atoms with Crippen LogP contribution in [0.4, 0.5) is 0 Å². The van der Waals surface area contributed by atoms with Crippen LogP contribution in [-0.4, -0.2) is 51.9 Å². The summed E-state index contributed by atoms with van der Waals surface area (Å²) in [4.78, 5) is 19.5. The maximum Gasteiger partial charge on any atom is 0.254 e. The summed E-state index contributed by atoms with van der Waals surface area (Å²) in [5, 5.41) is 5.06. The summed E-state index contributed by atoms with van der Waals surface area (Å²) in [5.74, 6) is 0.0101. The van der Waals surface area contributed by atoms with Gasteiger partial charge in [-0.1, -0.05) is 30.3 Å². The molecule has 4 rings (SSSR count). The molecule has 2 aromatic heterocycles. The molecule has 0 atom stereocenters. The molecule has 1 amide bonds. The Morgan fingerprint density at radius 1 is 1.17 bits per heavy atom. The van der Waals surface area contributed by atoms with Crippen molar-refractivity contribution in [2.75, 3.05) is 26.3 Å². The number of rotatable bonds is 2. The first-order valence-corrected chi connectivity index (χ1v) is 7.99. The summed E-state index contributed by atoms with van der Waals surface area (Å²) in [7, 11) is 1.84. The number of carbonyl (C=O) groups is 1. The molecule has 1 aromatic carbocycles. The lowest BCUT2D eigenvalue weighted by Crippen LogP contribution is -2.40. The van der Waals surface area contributed by atoms with Crippen molar-refractivity contribution in [3.63, 3.8) is 0 Å². The van der Waals surface area contributed by atoms with Gasteiger partial charge < -0.3 is 9.64 Å². The van der Waals surface area contributed by atoms with Crippen molar-refractivity contribution in [3.8, 4) is 11.3 Å². The molecule has 6 nitrogen and oxygen atoms in total. The van der Waals surface area contributed by atoms with Gasteiger partial charge in [0.15, 0.2) is 5.65 Å². The molecule has 0 radical (unpaired) electrons. The Morgan fingerprint density at radius 2 is 1.92 bits per heavy atom. The van der Waals surface area contributed by atoms with Gasteiger partial charge in [-0.25, -0.2) is 4.98 Å². The van der Waals surface area contributed by atoms with Crippen LogP contribution in [0.5, 0.6) is 0 Å². The van der Waals surface area contributed by atoms with E-state index < -0.39 is 0 Å². The average molecular weight is 322 g/mol. The van der Waals surface area contributed by atoms with Crippen LogP contribution in [0.25, 0.3) is 22.3 Å². The van der Waals surface area contributed by atoms with Crippen molar-refractivity contribution in [2.45, 2.75) is 0 Å². The fraction of sp³-hybridized carbons (Fsp3) is 0.278. The normalized spacial score (nSPS) is 15.0. The second-order valence-electron chi connectivity index (χ2n) is 5.83. The highest BCUT2D eigenvalue weighted by Gasteiger charge is 2.23. The highest BCUT2D eigenvalue weighted by atomic mass is 16.5. The summed E-state index contributed by atoms with van der Waals surface area (Å²) in [5.41, 5.74) is 3.13. The van der Waals surface area contributed by atoms with Gasteiger partial charge in [0.1, 0.15) is 0 Å². The second-order valence-corrected chi connectivity index (χ2v) is 5.83.